The summed E-state index contributed by atoms with van der Waals surface area (Å²) in [5.74, 6) is -1.25. The Balaban J connectivity index is 1.35. The first-order valence-corrected chi connectivity index (χ1v) is 12.9. The van der Waals surface area contributed by atoms with Gasteiger partial charge in [-0.2, -0.15) is 4.31 Å². The summed E-state index contributed by atoms with van der Waals surface area (Å²) in [6, 6.07) is 10.8. The van der Waals surface area contributed by atoms with Crippen molar-refractivity contribution in [3.05, 3.63) is 64.0 Å². The summed E-state index contributed by atoms with van der Waals surface area (Å²) in [6.07, 6.45) is 0. The largest absolute Gasteiger partial charge is 0.482 e. The summed E-state index contributed by atoms with van der Waals surface area (Å²) in [5, 5.41) is 3.24. The molecule has 2 heterocycles. The van der Waals surface area contributed by atoms with Gasteiger partial charge >= 0.3 is 11.6 Å². The van der Waals surface area contributed by atoms with Crippen LogP contribution < -0.4 is 15.7 Å². The van der Waals surface area contributed by atoms with E-state index in [1.165, 1.54) is 28.6 Å². The number of fused-ring (bicyclic) bond motifs is 1. The number of carbonyl (C=O) groups is 2. The van der Waals surface area contributed by atoms with Crippen LogP contribution in [-0.4, -0.2) is 64.1 Å². The minimum absolute atomic E-state index is 0.0457. The lowest BCUT2D eigenvalue weighted by atomic mass is 10.1. The van der Waals surface area contributed by atoms with E-state index in [9.17, 15) is 22.8 Å². The van der Waals surface area contributed by atoms with Crippen LogP contribution in [0.4, 0.5) is 5.69 Å². The maximum Gasteiger partial charge on any atom is 0.344 e. The predicted molar refractivity (Wildman–Crippen MR) is 133 cm³/mol. The standard InChI is InChI=1S/C25H26N2O9S/c1-16-3-6-20(22(11-16)37(31,32)27-7-9-33-10-8-27)26-23(28)14-35-25(30)15-34-18-4-5-19-17(2)12-24(29)36-21(19)13-18/h3-6,11-13H,7-10,14-15H2,1-2H3,(H,26,28). The van der Waals surface area contributed by atoms with Gasteiger partial charge in [0.1, 0.15) is 16.2 Å². The van der Waals surface area contributed by atoms with E-state index in [2.05, 4.69) is 5.32 Å². The van der Waals surface area contributed by atoms with Gasteiger partial charge in [0.15, 0.2) is 13.2 Å². The van der Waals surface area contributed by atoms with Gasteiger partial charge in [-0.05, 0) is 49.2 Å². The molecule has 1 aromatic heterocycles. The van der Waals surface area contributed by atoms with E-state index in [-0.39, 0.29) is 42.6 Å². The average Bonchev–Trinajstić information content (AvgIpc) is 2.87. The van der Waals surface area contributed by atoms with E-state index in [0.29, 0.717) is 11.1 Å². The van der Waals surface area contributed by atoms with E-state index >= 15 is 0 Å². The first-order valence-electron chi connectivity index (χ1n) is 11.4. The molecule has 0 spiro atoms. The van der Waals surface area contributed by atoms with E-state index in [1.807, 2.05) is 0 Å². The van der Waals surface area contributed by atoms with Crippen LogP contribution >= 0.6 is 0 Å². The summed E-state index contributed by atoms with van der Waals surface area (Å²) in [5.41, 5.74) is 1.36. The van der Waals surface area contributed by atoms with E-state index in [4.69, 9.17) is 18.6 Å². The Kier molecular flexibility index (Phi) is 7.91. The van der Waals surface area contributed by atoms with Crippen LogP contribution in [0.5, 0.6) is 5.75 Å². The van der Waals surface area contributed by atoms with Crippen molar-refractivity contribution in [1.82, 2.24) is 4.31 Å². The molecule has 11 nitrogen and oxygen atoms in total. The lowest BCUT2D eigenvalue weighted by Gasteiger charge is -2.27. The summed E-state index contributed by atoms with van der Waals surface area (Å²) in [4.78, 5) is 36.1. The molecule has 37 heavy (non-hydrogen) atoms. The van der Waals surface area contributed by atoms with Crippen molar-refractivity contribution >= 4 is 38.6 Å². The van der Waals surface area contributed by atoms with Crippen LogP contribution in [0.25, 0.3) is 11.0 Å². The van der Waals surface area contributed by atoms with Crippen LogP contribution in [0.2, 0.25) is 0 Å². The Labute approximate surface area is 213 Å². The summed E-state index contributed by atoms with van der Waals surface area (Å²) >= 11 is 0. The number of esters is 1. The molecule has 1 aliphatic heterocycles. The van der Waals surface area contributed by atoms with Gasteiger partial charge in [-0.3, -0.25) is 4.79 Å². The van der Waals surface area contributed by atoms with Gasteiger partial charge in [-0.25, -0.2) is 18.0 Å². The maximum atomic E-state index is 13.1. The zero-order chi connectivity index (χ0) is 26.6. The van der Waals surface area contributed by atoms with Gasteiger partial charge in [0, 0.05) is 30.6 Å². The highest BCUT2D eigenvalue weighted by Gasteiger charge is 2.29. The molecule has 3 aromatic rings. The van der Waals surface area contributed by atoms with Gasteiger partial charge < -0.3 is 23.9 Å². The Bertz CT molecular complexity index is 1490. The molecule has 1 saturated heterocycles. The van der Waals surface area contributed by atoms with E-state index < -0.39 is 40.7 Å². The van der Waals surface area contributed by atoms with Gasteiger partial charge in [-0.1, -0.05) is 6.07 Å². The van der Waals surface area contributed by atoms with Crippen LogP contribution in [-0.2, 0) is 29.1 Å². The number of sulfonamides is 1. The molecule has 0 atom stereocenters. The van der Waals surface area contributed by atoms with Crippen molar-refractivity contribution in [3.63, 3.8) is 0 Å². The number of aryl methyl sites for hydroxylation is 2. The first kappa shape index (κ1) is 26.3. The Morgan fingerprint density at radius 1 is 1.03 bits per heavy atom. The molecule has 1 fully saturated rings. The minimum atomic E-state index is -3.87. The van der Waals surface area contributed by atoms with Gasteiger partial charge in [0.25, 0.3) is 5.91 Å². The molecular formula is C25H26N2O9S. The molecule has 0 aliphatic carbocycles. The van der Waals surface area contributed by atoms with Crippen molar-refractivity contribution in [2.75, 3.05) is 44.8 Å². The first-order chi connectivity index (χ1) is 17.6. The molecule has 12 heteroatoms. The second kappa shape index (κ2) is 11.1. The normalized spacial score (nSPS) is 14.3. The lowest BCUT2D eigenvalue weighted by molar-refractivity contribution is -0.149. The maximum absolute atomic E-state index is 13.1. The summed E-state index contributed by atoms with van der Waals surface area (Å²) in [6.45, 7) is 3.40. The fourth-order valence-corrected chi connectivity index (χ4v) is 5.42. The summed E-state index contributed by atoms with van der Waals surface area (Å²) < 4.78 is 48.3. The third kappa shape index (κ3) is 6.34. The highest BCUT2D eigenvalue weighted by atomic mass is 32.2. The summed E-state index contributed by atoms with van der Waals surface area (Å²) in [7, 11) is -3.87. The molecule has 0 radical (unpaired) electrons. The highest BCUT2D eigenvalue weighted by Crippen LogP contribution is 2.27. The number of morpholine rings is 1. The van der Waals surface area contributed by atoms with Crippen LogP contribution in [0, 0.1) is 13.8 Å². The third-order valence-electron chi connectivity index (χ3n) is 5.64. The number of nitrogens with one attached hydrogen (secondary N) is 1. The quantitative estimate of drug-likeness (QED) is 0.342. The number of amides is 1. The SMILES string of the molecule is Cc1ccc(NC(=O)COC(=O)COc2ccc3c(C)cc(=O)oc3c2)c(S(=O)(=O)N2CCOCC2)c1. The molecule has 2 aromatic carbocycles. The molecule has 1 N–H and O–H groups in total. The second-order valence-corrected chi connectivity index (χ2v) is 10.3. The fourth-order valence-electron chi connectivity index (χ4n) is 3.78. The number of ether oxygens (including phenoxy) is 3. The zero-order valence-corrected chi connectivity index (χ0v) is 21.1. The monoisotopic (exact) mass is 530 g/mol. The molecule has 0 unspecified atom stereocenters. The van der Waals surface area contributed by atoms with Gasteiger partial charge in [-0.15, -0.1) is 0 Å². The Morgan fingerprint density at radius 3 is 2.54 bits per heavy atom. The number of hydrogen-bond acceptors (Lipinski definition) is 9. The molecule has 4 rings (SSSR count). The average molecular weight is 531 g/mol. The van der Waals surface area contributed by atoms with Crippen molar-refractivity contribution in [1.29, 1.82) is 0 Å². The Morgan fingerprint density at radius 2 is 1.78 bits per heavy atom. The number of benzene rings is 2. The highest BCUT2D eigenvalue weighted by molar-refractivity contribution is 7.89. The van der Waals surface area contributed by atoms with Crippen LogP contribution in [0.3, 0.4) is 0 Å². The topological polar surface area (TPSA) is 141 Å². The molecule has 0 saturated carbocycles. The van der Waals surface area contributed by atoms with Crippen LogP contribution in [0.15, 0.2) is 56.6 Å². The van der Waals surface area contributed by atoms with Crippen LogP contribution in [0.1, 0.15) is 11.1 Å². The van der Waals surface area contributed by atoms with E-state index in [0.717, 1.165) is 10.9 Å². The molecule has 1 amide bonds. The second-order valence-electron chi connectivity index (χ2n) is 8.42. The smallest absolute Gasteiger partial charge is 0.344 e. The van der Waals surface area contributed by atoms with Crippen molar-refractivity contribution in [2.45, 2.75) is 18.7 Å². The van der Waals surface area contributed by atoms with Gasteiger partial charge in [0.05, 0.1) is 18.9 Å². The fraction of sp³-hybridized carbons (Fsp3) is 0.320. The lowest BCUT2D eigenvalue weighted by Crippen LogP contribution is -2.41. The number of carbonyl (C=O) groups excluding carboxylic acids is 2. The number of hydrogen-bond donors (Lipinski definition) is 1. The van der Waals surface area contributed by atoms with E-state index in [1.54, 1.807) is 32.0 Å². The molecular weight excluding hydrogens is 504 g/mol. The molecule has 1 aliphatic rings. The van der Waals surface area contributed by atoms with Crippen molar-refractivity contribution in [3.8, 4) is 5.75 Å². The minimum Gasteiger partial charge on any atom is -0.482 e. The van der Waals surface area contributed by atoms with Crippen molar-refractivity contribution in [2.24, 2.45) is 0 Å². The number of rotatable bonds is 8. The Hall–Kier alpha value is -3.74. The number of nitrogens with zero attached hydrogens (tertiary/aromatic N) is 1. The number of anilines is 1. The van der Waals surface area contributed by atoms with Crippen molar-refractivity contribution < 1.29 is 36.6 Å². The molecule has 196 valence electrons. The van der Waals surface area contributed by atoms with Gasteiger partial charge in [0.2, 0.25) is 10.0 Å². The zero-order valence-electron chi connectivity index (χ0n) is 20.3. The predicted octanol–water partition coefficient (Wildman–Crippen LogP) is 1.99. The molecule has 0 bridgehead atoms. The third-order valence-corrected chi connectivity index (χ3v) is 7.58.